The first-order valence-corrected chi connectivity index (χ1v) is 7.68. The number of methoxy groups -OCH3 is 2. The molecule has 0 aliphatic heterocycles. The van der Waals surface area contributed by atoms with E-state index in [-0.39, 0.29) is 5.56 Å². The quantitative estimate of drug-likeness (QED) is 0.759. The van der Waals surface area contributed by atoms with E-state index in [1.54, 1.807) is 18.2 Å². The lowest BCUT2D eigenvalue weighted by atomic mass is 10.1. The molecule has 21 heavy (non-hydrogen) atoms. The van der Waals surface area contributed by atoms with Gasteiger partial charge in [-0.15, -0.1) is 0 Å². The highest BCUT2D eigenvalue weighted by Crippen LogP contribution is 2.28. The number of thioether (sulfide) groups is 1. The van der Waals surface area contributed by atoms with Gasteiger partial charge in [0.1, 0.15) is 23.1 Å². The zero-order chi connectivity index (χ0) is 15.8. The Morgan fingerprint density at radius 1 is 1.29 bits per heavy atom. The summed E-state index contributed by atoms with van der Waals surface area (Å²) < 4.78 is 10.3. The van der Waals surface area contributed by atoms with E-state index in [1.165, 1.54) is 26.0 Å². The number of nitrogens with one attached hydrogen (secondary N) is 1. The fourth-order valence-electron chi connectivity index (χ4n) is 1.80. The molecule has 1 amide bonds. The maximum Gasteiger partial charge on any atom is 0.326 e. The molecule has 0 heterocycles. The Balaban J connectivity index is 2.99. The van der Waals surface area contributed by atoms with Crippen molar-refractivity contribution in [2.24, 2.45) is 0 Å². The van der Waals surface area contributed by atoms with Crippen LogP contribution in [0.1, 0.15) is 16.8 Å². The normalized spacial score (nSPS) is 11.6. The van der Waals surface area contributed by atoms with Crippen LogP contribution in [-0.4, -0.2) is 49.3 Å². The maximum absolute atomic E-state index is 12.3. The smallest absolute Gasteiger partial charge is 0.326 e. The van der Waals surface area contributed by atoms with E-state index in [1.807, 2.05) is 6.26 Å². The molecule has 0 unspecified atom stereocenters. The topological polar surface area (TPSA) is 84.9 Å². The third-order valence-corrected chi connectivity index (χ3v) is 3.51. The summed E-state index contributed by atoms with van der Waals surface area (Å²) in [5.74, 6) is -0.286. The summed E-state index contributed by atoms with van der Waals surface area (Å²) in [4.78, 5) is 23.5. The number of rotatable bonds is 8. The average molecular weight is 313 g/mol. The average Bonchev–Trinajstić information content (AvgIpc) is 2.49. The second-order valence-electron chi connectivity index (χ2n) is 4.18. The molecule has 116 valence electrons. The minimum absolute atomic E-state index is 0.193. The Morgan fingerprint density at radius 2 is 1.86 bits per heavy atom. The van der Waals surface area contributed by atoms with Gasteiger partial charge in [-0.3, -0.25) is 4.79 Å². The third kappa shape index (κ3) is 4.56. The summed E-state index contributed by atoms with van der Waals surface area (Å²) in [6, 6.07) is 3.99. The second kappa shape index (κ2) is 8.41. The van der Waals surface area contributed by atoms with Crippen molar-refractivity contribution in [3.05, 3.63) is 23.8 Å². The molecule has 0 aliphatic carbocycles. The Bertz CT molecular complexity index is 484. The molecule has 0 radical (unpaired) electrons. The number of hydrogen-bond acceptors (Lipinski definition) is 5. The summed E-state index contributed by atoms with van der Waals surface area (Å²) in [5.41, 5.74) is 0.193. The van der Waals surface area contributed by atoms with Gasteiger partial charge >= 0.3 is 5.97 Å². The molecule has 0 spiro atoms. The molecule has 7 heteroatoms. The van der Waals surface area contributed by atoms with Gasteiger partial charge in [-0.05, 0) is 30.6 Å². The second-order valence-corrected chi connectivity index (χ2v) is 5.17. The predicted octanol–water partition coefficient (Wildman–Crippen LogP) is 1.64. The molecule has 1 aromatic rings. The first-order valence-electron chi connectivity index (χ1n) is 6.28. The molecule has 1 rings (SSSR count). The summed E-state index contributed by atoms with van der Waals surface area (Å²) in [5, 5.41) is 11.7. The standard InChI is InChI=1S/C14H19NO5S/c1-19-10-5-4-6-11(20-2)12(10)13(16)15-9(14(17)18)7-8-21-3/h4-6,9H,7-8H2,1-3H3,(H,15,16)(H,17,18)/t9-/m1/s1. The number of carbonyl (C=O) groups is 2. The molecule has 6 nitrogen and oxygen atoms in total. The van der Waals surface area contributed by atoms with Crippen LogP contribution in [0.5, 0.6) is 11.5 Å². The molecule has 0 bridgehead atoms. The molecule has 0 aliphatic rings. The van der Waals surface area contributed by atoms with E-state index in [2.05, 4.69) is 5.32 Å². The Kier molecular flexibility index (Phi) is 6.87. The van der Waals surface area contributed by atoms with Crippen molar-refractivity contribution >= 4 is 23.6 Å². The zero-order valence-electron chi connectivity index (χ0n) is 12.2. The number of carboxylic acid groups (broad SMARTS) is 1. The van der Waals surface area contributed by atoms with Crippen LogP contribution in [-0.2, 0) is 4.79 Å². The highest BCUT2D eigenvalue weighted by molar-refractivity contribution is 7.98. The molecule has 0 fully saturated rings. The van der Waals surface area contributed by atoms with Crippen LogP contribution in [0.3, 0.4) is 0 Å². The monoisotopic (exact) mass is 313 g/mol. The van der Waals surface area contributed by atoms with Crippen molar-refractivity contribution in [3.63, 3.8) is 0 Å². The van der Waals surface area contributed by atoms with Gasteiger partial charge in [0.05, 0.1) is 14.2 Å². The number of carboxylic acids is 1. The van der Waals surface area contributed by atoms with Gasteiger partial charge in [0.15, 0.2) is 0 Å². The number of amides is 1. The lowest BCUT2D eigenvalue weighted by Gasteiger charge is -2.17. The molecule has 0 aromatic heterocycles. The highest BCUT2D eigenvalue weighted by atomic mass is 32.2. The Hall–Kier alpha value is -1.89. The van der Waals surface area contributed by atoms with Gasteiger partial charge in [-0.25, -0.2) is 4.79 Å². The number of benzene rings is 1. The molecular formula is C14H19NO5S. The Labute approximate surface area is 127 Å². The maximum atomic E-state index is 12.3. The molecular weight excluding hydrogens is 294 g/mol. The van der Waals surface area contributed by atoms with E-state index in [0.717, 1.165) is 0 Å². The number of ether oxygens (including phenoxy) is 2. The summed E-state index contributed by atoms with van der Waals surface area (Å²) in [6.07, 6.45) is 2.23. The minimum atomic E-state index is -1.06. The van der Waals surface area contributed by atoms with Gasteiger partial charge in [0.2, 0.25) is 0 Å². The summed E-state index contributed by atoms with van der Waals surface area (Å²) in [6.45, 7) is 0. The van der Waals surface area contributed by atoms with Crippen LogP contribution >= 0.6 is 11.8 Å². The fourth-order valence-corrected chi connectivity index (χ4v) is 2.27. The van der Waals surface area contributed by atoms with E-state index < -0.39 is 17.9 Å². The van der Waals surface area contributed by atoms with E-state index in [4.69, 9.17) is 14.6 Å². The van der Waals surface area contributed by atoms with Crippen molar-refractivity contribution in [2.75, 3.05) is 26.2 Å². The fraction of sp³-hybridized carbons (Fsp3) is 0.429. The van der Waals surface area contributed by atoms with Crippen LogP contribution < -0.4 is 14.8 Å². The Morgan fingerprint density at radius 3 is 2.29 bits per heavy atom. The number of hydrogen-bond donors (Lipinski definition) is 2. The molecule has 1 atom stereocenters. The minimum Gasteiger partial charge on any atom is -0.496 e. The van der Waals surface area contributed by atoms with Crippen LogP contribution in [0.15, 0.2) is 18.2 Å². The summed E-state index contributed by atoms with van der Waals surface area (Å²) >= 11 is 1.52. The zero-order valence-corrected chi connectivity index (χ0v) is 13.0. The number of carbonyl (C=O) groups excluding carboxylic acids is 1. The van der Waals surface area contributed by atoms with Gasteiger partial charge in [0, 0.05) is 0 Å². The van der Waals surface area contributed by atoms with E-state index >= 15 is 0 Å². The van der Waals surface area contributed by atoms with Crippen molar-refractivity contribution in [1.82, 2.24) is 5.32 Å². The molecule has 2 N–H and O–H groups in total. The van der Waals surface area contributed by atoms with Gasteiger partial charge < -0.3 is 19.9 Å². The van der Waals surface area contributed by atoms with Crippen LogP contribution in [0.25, 0.3) is 0 Å². The van der Waals surface area contributed by atoms with E-state index in [0.29, 0.717) is 23.7 Å². The SMILES string of the molecule is COc1cccc(OC)c1C(=O)N[C@H](CCSC)C(=O)O. The predicted molar refractivity (Wildman–Crippen MR) is 81.4 cm³/mol. The van der Waals surface area contributed by atoms with Gasteiger partial charge in [-0.1, -0.05) is 6.07 Å². The van der Waals surface area contributed by atoms with Gasteiger partial charge in [0.25, 0.3) is 5.91 Å². The van der Waals surface area contributed by atoms with Crippen molar-refractivity contribution in [1.29, 1.82) is 0 Å². The molecule has 1 aromatic carbocycles. The largest absolute Gasteiger partial charge is 0.496 e. The van der Waals surface area contributed by atoms with Crippen molar-refractivity contribution in [2.45, 2.75) is 12.5 Å². The first-order chi connectivity index (χ1) is 10.0. The molecule has 0 saturated carbocycles. The number of aliphatic carboxylic acids is 1. The lowest BCUT2D eigenvalue weighted by molar-refractivity contribution is -0.139. The van der Waals surface area contributed by atoms with E-state index in [9.17, 15) is 9.59 Å². The van der Waals surface area contributed by atoms with Gasteiger partial charge in [-0.2, -0.15) is 11.8 Å². The van der Waals surface area contributed by atoms with Crippen LogP contribution in [0.4, 0.5) is 0 Å². The van der Waals surface area contributed by atoms with Crippen LogP contribution in [0.2, 0.25) is 0 Å². The molecule has 0 saturated heterocycles. The first kappa shape index (κ1) is 17.2. The lowest BCUT2D eigenvalue weighted by Crippen LogP contribution is -2.41. The summed E-state index contributed by atoms with van der Waals surface area (Å²) in [7, 11) is 2.88. The third-order valence-electron chi connectivity index (χ3n) is 2.87. The van der Waals surface area contributed by atoms with Crippen molar-refractivity contribution < 1.29 is 24.2 Å². The van der Waals surface area contributed by atoms with Crippen LogP contribution in [0, 0.1) is 0 Å². The highest BCUT2D eigenvalue weighted by Gasteiger charge is 2.24. The van der Waals surface area contributed by atoms with Crippen molar-refractivity contribution in [3.8, 4) is 11.5 Å².